The van der Waals surface area contributed by atoms with E-state index in [1.165, 1.54) is 5.56 Å². The van der Waals surface area contributed by atoms with E-state index in [4.69, 9.17) is 0 Å². The molecule has 0 atom stereocenters. The van der Waals surface area contributed by atoms with Gasteiger partial charge in [0.25, 0.3) is 0 Å². The Bertz CT molecular complexity index is 486. The van der Waals surface area contributed by atoms with Gasteiger partial charge < -0.3 is 5.32 Å². The van der Waals surface area contributed by atoms with E-state index in [1.54, 1.807) is 0 Å². The summed E-state index contributed by atoms with van der Waals surface area (Å²) in [5.41, 5.74) is 1.28. The van der Waals surface area contributed by atoms with Gasteiger partial charge in [-0.3, -0.25) is 4.98 Å². The third kappa shape index (κ3) is 1.28. The van der Waals surface area contributed by atoms with Crippen LogP contribution in [0.15, 0.2) is 30.7 Å². The number of nitrogens with one attached hydrogen (secondary N) is 1. The van der Waals surface area contributed by atoms with E-state index in [9.17, 15) is 0 Å². The second kappa shape index (κ2) is 3.30. The zero-order chi connectivity index (χ0) is 11.0. The number of nitrogens with zero attached hydrogens (tertiary/aromatic N) is 4. The van der Waals surface area contributed by atoms with Crippen molar-refractivity contribution in [2.45, 2.75) is 18.4 Å². The monoisotopic (exact) mass is 215 g/mol. The van der Waals surface area contributed by atoms with Crippen molar-refractivity contribution in [2.24, 2.45) is 0 Å². The molecule has 1 fully saturated rings. The SMILES string of the molecule is CNc1cn(C2(c3ccncc3)CC2)nn1. The first-order valence-electron chi connectivity index (χ1n) is 5.36. The van der Waals surface area contributed by atoms with Crippen LogP contribution in [0.25, 0.3) is 0 Å². The van der Waals surface area contributed by atoms with Gasteiger partial charge in [0.15, 0.2) is 5.82 Å². The van der Waals surface area contributed by atoms with Crippen molar-refractivity contribution < 1.29 is 0 Å². The summed E-state index contributed by atoms with van der Waals surface area (Å²) in [7, 11) is 1.85. The van der Waals surface area contributed by atoms with Crippen LogP contribution in [0.1, 0.15) is 18.4 Å². The first-order valence-corrected chi connectivity index (χ1v) is 5.36. The number of rotatable bonds is 3. The number of hydrogen-bond acceptors (Lipinski definition) is 4. The summed E-state index contributed by atoms with van der Waals surface area (Å²) < 4.78 is 1.95. The zero-order valence-electron chi connectivity index (χ0n) is 9.09. The Morgan fingerprint density at radius 3 is 2.62 bits per heavy atom. The van der Waals surface area contributed by atoms with Crippen LogP contribution in [0.4, 0.5) is 5.82 Å². The molecule has 1 aliphatic carbocycles. The molecule has 5 heteroatoms. The van der Waals surface area contributed by atoms with Gasteiger partial charge in [-0.05, 0) is 30.5 Å². The minimum Gasteiger partial charge on any atom is -0.370 e. The van der Waals surface area contributed by atoms with Crippen LogP contribution in [-0.2, 0) is 5.54 Å². The highest BCUT2D eigenvalue weighted by molar-refractivity contribution is 5.33. The number of anilines is 1. The average Bonchev–Trinajstić information content (AvgIpc) is 3.02. The van der Waals surface area contributed by atoms with E-state index in [2.05, 4.69) is 20.6 Å². The van der Waals surface area contributed by atoms with Gasteiger partial charge in [-0.1, -0.05) is 5.21 Å². The number of pyridine rings is 1. The Labute approximate surface area is 93.5 Å². The van der Waals surface area contributed by atoms with Crippen LogP contribution in [-0.4, -0.2) is 27.0 Å². The van der Waals surface area contributed by atoms with Gasteiger partial charge in [0, 0.05) is 19.4 Å². The molecule has 1 N–H and O–H groups in total. The summed E-state index contributed by atoms with van der Waals surface area (Å²) in [5, 5.41) is 11.2. The molecule has 0 bridgehead atoms. The molecule has 5 nitrogen and oxygen atoms in total. The third-order valence-electron chi connectivity index (χ3n) is 3.13. The first kappa shape index (κ1) is 9.33. The van der Waals surface area contributed by atoms with Crippen LogP contribution in [0, 0.1) is 0 Å². The first-order chi connectivity index (χ1) is 7.85. The molecule has 0 saturated heterocycles. The van der Waals surface area contributed by atoms with Crippen LogP contribution >= 0.6 is 0 Å². The third-order valence-corrected chi connectivity index (χ3v) is 3.13. The van der Waals surface area contributed by atoms with Crippen molar-refractivity contribution in [1.29, 1.82) is 0 Å². The lowest BCUT2D eigenvalue weighted by Crippen LogP contribution is -2.19. The van der Waals surface area contributed by atoms with E-state index in [-0.39, 0.29) is 5.54 Å². The highest BCUT2D eigenvalue weighted by atomic mass is 15.5. The maximum atomic E-state index is 4.18. The van der Waals surface area contributed by atoms with E-state index < -0.39 is 0 Å². The summed E-state index contributed by atoms with van der Waals surface area (Å²) in [6, 6.07) is 4.10. The Kier molecular flexibility index (Phi) is 1.92. The van der Waals surface area contributed by atoms with Gasteiger partial charge in [0.2, 0.25) is 0 Å². The summed E-state index contributed by atoms with van der Waals surface area (Å²) in [6.07, 6.45) is 7.83. The topological polar surface area (TPSA) is 55.6 Å². The van der Waals surface area contributed by atoms with Gasteiger partial charge in [-0.15, -0.1) is 5.10 Å². The van der Waals surface area contributed by atoms with Crippen LogP contribution in [0.2, 0.25) is 0 Å². The molecule has 2 heterocycles. The van der Waals surface area contributed by atoms with E-state index in [0.29, 0.717) is 0 Å². The van der Waals surface area contributed by atoms with E-state index >= 15 is 0 Å². The van der Waals surface area contributed by atoms with Crippen molar-refractivity contribution in [2.75, 3.05) is 12.4 Å². The normalized spacial score (nSPS) is 17.1. The molecule has 2 aromatic heterocycles. The molecule has 0 amide bonds. The minimum absolute atomic E-state index is 0.0189. The molecule has 16 heavy (non-hydrogen) atoms. The lowest BCUT2D eigenvalue weighted by atomic mass is 10.1. The molecule has 0 spiro atoms. The summed E-state index contributed by atoms with van der Waals surface area (Å²) >= 11 is 0. The van der Waals surface area contributed by atoms with Crippen molar-refractivity contribution in [1.82, 2.24) is 20.0 Å². The van der Waals surface area contributed by atoms with Crippen molar-refractivity contribution in [3.63, 3.8) is 0 Å². The second-order valence-corrected chi connectivity index (χ2v) is 4.07. The minimum atomic E-state index is 0.0189. The standard InChI is InChI=1S/C11H13N5/c1-12-10-8-16(15-14-10)11(4-5-11)9-2-6-13-7-3-9/h2-3,6-8,12H,4-5H2,1H3. The van der Waals surface area contributed by atoms with Crippen molar-refractivity contribution in [3.05, 3.63) is 36.3 Å². The van der Waals surface area contributed by atoms with E-state index in [1.807, 2.05) is 42.5 Å². The van der Waals surface area contributed by atoms with Gasteiger partial charge in [-0.25, -0.2) is 4.68 Å². The predicted octanol–water partition coefficient (Wildman–Crippen LogP) is 1.25. The average molecular weight is 215 g/mol. The summed E-state index contributed by atoms with van der Waals surface area (Å²) in [6.45, 7) is 0. The molecule has 0 aliphatic heterocycles. The molecule has 0 unspecified atom stereocenters. The molecular weight excluding hydrogens is 202 g/mol. The Hall–Kier alpha value is -1.91. The molecule has 1 saturated carbocycles. The molecule has 1 aliphatic rings. The Morgan fingerprint density at radius 2 is 2.06 bits per heavy atom. The molecular formula is C11H13N5. The van der Waals surface area contributed by atoms with Crippen molar-refractivity contribution >= 4 is 5.82 Å². The molecule has 2 aromatic rings. The fourth-order valence-electron chi connectivity index (χ4n) is 2.02. The predicted molar refractivity (Wildman–Crippen MR) is 60.1 cm³/mol. The fraction of sp³-hybridized carbons (Fsp3) is 0.364. The molecule has 0 aromatic carbocycles. The quantitative estimate of drug-likeness (QED) is 0.837. The number of aromatic nitrogens is 4. The maximum Gasteiger partial charge on any atom is 0.168 e. The second-order valence-electron chi connectivity index (χ2n) is 4.07. The summed E-state index contributed by atoms with van der Waals surface area (Å²) in [5.74, 6) is 0.806. The highest BCUT2D eigenvalue weighted by Crippen LogP contribution is 2.48. The van der Waals surface area contributed by atoms with Gasteiger partial charge >= 0.3 is 0 Å². The largest absolute Gasteiger partial charge is 0.370 e. The summed E-state index contributed by atoms with van der Waals surface area (Å²) in [4.78, 5) is 4.04. The maximum absolute atomic E-state index is 4.18. The fourth-order valence-corrected chi connectivity index (χ4v) is 2.02. The smallest absolute Gasteiger partial charge is 0.168 e. The van der Waals surface area contributed by atoms with Gasteiger partial charge in [0.05, 0.1) is 11.7 Å². The lowest BCUT2D eigenvalue weighted by Gasteiger charge is -2.14. The molecule has 82 valence electrons. The Morgan fingerprint density at radius 1 is 1.31 bits per heavy atom. The molecule has 3 rings (SSSR count). The highest BCUT2D eigenvalue weighted by Gasteiger charge is 2.47. The van der Waals surface area contributed by atoms with Crippen LogP contribution in [0.3, 0.4) is 0 Å². The Balaban J connectivity index is 2.00. The van der Waals surface area contributed by atoms with Gasteiger partial charge in [0.1, 0.15) is 0 Å². The van der Waals surface area contributed by atoms with Crippen LogP contribution in [0.5, 0.6) is 0 Å². The number of hydrogen-bond donors (Lipinski definition) is 1. The van der Waals surface area contributed by atoms with E-state index in [0.717, 1.165) is 18.7 Å². The molecule has 0 radical (unpaired) electrons. The zero-order valence-corrected chi connectivity index (χ0v) is 9.09. The lowest BCUT2D eigenvalue weighted by molar-refractivity contribution is 0.490. The van der Waals surface area contributed by atoms with Gasteiger partial charge in [-0.2, -0.15) is 0 Å². The van der Waals surface area contributed by atoms with Crippen molar-refractivity contribution in [3.8, 4) is 0 Å². The van der Waals surface area contributed by atoms with Crippen LogP contribution < -0.4 is 5.32 Å².